The number of hydrogen-bond acceptors (Lipinski definition) is 1. The zero-order valence-corrected chi connectivity index (χ0v) is 15.2. The Bertz CT molecular complexity index is 849. The van der Waals surface area contributed by atoms with E-state index < -0.39 is 0 Å². The minimum Gasteiger partial charge on any atom is -0.350 e. The number of rotatable bonds is 4. The normalized spacial score (nSPS) is 17.7. The fourth-order valence-corrected chi connectivity index (χ4v) is 3.95. The molecule has 0 spiro atoms. The molecule has 1 aliphatic rings. The van der Waals surface area contributed by atoms with E-state index >= 15 is 0 Å². The van der Waals surface area contributed by atoms with Crippen LogP contribution in [0.2, 0.25) is 0 Å². The third kappa shape index (κ3) is 3.45. The van der Waals surface area contributed by atoms with Crippen LogP contribution in [-0.4, -0.2) is 16.0 Å². The van der Waals surface area contributed by atoms with E-state index in [0.717, 1.165) is 38.0 Å². The van der Waals surface area contributed by atoms with Crippen LogP contribution in [0.3, 0.4) is 0 Å². The molecular formula is C23H25FN2. The number of halogens is 1. The Morgan fingerprint density at radius 2 is 1.65 bits per heavy atom. The van der Waals surface area contributed by atoms with Gasteiger partial charge < -0.3 is 4.57 Å². The van der Waals surface area contributed by atoms with Crippen LogP contribution in [0, 0.1) is 5.82 Å². The molecule has 0 fully saturated rings. The molecule has 1 unspecified atom stereocenters. The smallest absolute Gasteiger partial charge is 0.123 e. The molecule has 0 bridgehead atoms. The molecule has 0 aliphatic carbocycles. The van der Waals surface area contributed by atoms with Gasteiger partial charge in [0, 0.05) is 31.5 Å². The van der Waals surface area contributed by atoms with E-state index in [2.05, 4.69) is 59.0 Å². The molecule has 0 saturated heterocycles. The van der Waals surface area contributed by atoms with Crippen molar-refractivity contribution in [2.24, 2.45) is 0 Å². The van der Waals surface area contributed by atoms with E-state index in [0.29, 0.717) is 0 Å². The van der Waals surface area contributed by atoms with Gasteiger partial charge in [-0.3, -0.25) is 4.90 Å². The lowest BCUT2D eigenvalue weighted by atomic mass is 9.99. The number of hydrogen-bond donors (Lipinski definition) is 0. The summed E-state index contributed by atoms with van der Waals surface area (Å²) in [6.45, 7) is 5.09. The summed E-state index contributed by atoms with van der Waals surface area (Å²) in [7, 11) is 0. The van der Waals surface area contributed by atoms with Crippen LogP contribution in [-0.2, 0) is 19.5 Å². The van der Waals surface area contributed by atoms with Crippen molar-refractivity contribution in [1.29, 1.82) is 0 Å². The van der Waals surface area contributed by atoms with Gasteiger partial charge in [0.05, 0.1) is 6.04 Å². The molecule has 3 heteroatoms. The molecule has 3 aromatic rings. The van der Waals surface area contributed by atoms with Crippen LogP contribution >= 0.6 is 0 Å². The Balaban J connectivity index is 1.71. The highest BCUT2D eigenvalue weighted by Gasteiger charge is 2.27. The highest BCUT2D eigenvalue weighted by atomic mass is 19.1. The Morgan fingerprint density at radius 1 is 0.923 bits per heavy atom. The second-order valence-corrected chi connectivity index (χ2v) is 7.07. The van der Waals surface area contributed by atoms with Crippen LogP contribution in [0.1, 0.15) is 41.8 Å². The van der Waals surface area contributed by atoms with Gasteiger partial charge in [-0.05, 0) is 53.8 Å². The van der Waals surface area contributed by atoms with E-state index in [4.69, 9.17) is 0 Å². The van der Waals surface area contributed by atoms with Crippen LogP contribution in [0.25, 0.3) is 0 Å². The van der Waals surface area contributed by atoms with Gasteiger partial charge in [0.2, 0.25) is 0 Å². The molecule has 4 rings (SSSR count). The van der Waals surface area contributed by atoms with Crippen molar-refractivity contribution >= 4 is 0 Å². The Morgan fingerprint density at radius 3 is 2.38 bits per heavy atom. The van der Waals surface area contributed by atoms with Gasteiger partial charge >= 0.3 is 0 Å². The van der Waals surface area contributed by atoms with E-state index in [-0.39, 0.29) is 11.9 Å². The third-order valence-corrected chi connectivity index (χ3v) is 5.36. The minimum absolute atomic E-state index is 0.176. The third-order valence-electron chi connectivity index (χ3n) is 5.36. The first-order valence-electron chi connectivity index (χ1n) is 9.47. The molecule has 0 saturated carbocycles. The summed E-state index contributed by atoms with van der Waals surface area (Å²) < 4.78 is 15.7. The second kappa shape index (κ2) is 7.46. The molecule has 2 heterocycles. The molecule has 2 aromatic carbocycles. The highest BCUT2D eigenvalue weighted by molar-refractivity contribution is 5.32. The molecule has 1 atom stereocenters. The molecule has 0 amide bonds. The molecular weight excluding hydrogens is 323 g/mol. The number of nitrogens with zero attached hydrogens (tertiary/aromatic N) is 2. The molecule has 0 N–H and O–H groups in total. The predicted octanol–water partition coefficient (Wildman–Crippen LogP) is 5.18. The quantitative estimate of drug-likeness (QED) is 0.630. The lowest BCUT2D eigenvalue weighted by Gasteiger charge is -2.31. The van der Waals surface area contributed by atoms with Gasteiger partial charge in [-0.25, -0.2) is 4.39 Å². The van der Waals surface area contributed by atoms with Gasteiger partial charge in [-0.2, -0.15) is 0 Å². The maximum atomic E-state index is 13.3. The summed E-state index contributed by atoms with van der Waals surface area (Å²) in [5, 5.41) is 0. The summed E-state index contributed by atoms with van der Waals surface area (Å²) in [5.74, 6) is -0.176. The average Bonchev–Trinajstić information content (AvgIpc) is 3.05. The standard InChI is InChI=1S/C23H25FN2/c1-2-18-6-10-20(11-7-18)23-22-5-3-14-25(22)15-4-16-26(23)17-19-8-12-21(24)13-9-19/h3,5-14,23H,2,4,15-17H2,1H3. The van der Waals surface area contributed by atoms with Gasteiger partial charge in [0.1, 0.15) is 5.82 Å². The lowest BCUT2D eigenvalue weighted by Crippen LogP contribution is -2.29. The van der Waals surface area contributed by atoms with Crippen molar-refractivity contribution in [3.63, 3.8) is 0 Å². The number of aryl methyl sites for hydroxylation is 2. The Labute approximate surface area is 154 Å². The van der Waals surface area contributed by atoms with E-state index in [9.17, 15) is 4.39 Å². The molecule has 0 radical (unpaired) electrons. The monoisotopic (exact) mass is 348 g/mol. The van der Waals surface area contributed by atoms with Crippen molar-refractivity contribution in [1.82, 2.24) is 9.47 Å². The zero-order chi connectivity index (χ0) is 17.9. The van der Waals surface area contributed by atoms with E-state index in [1.165, 1.54) is 16.8 Å². The summed E-state index contributed by atoms with van der Waals surface area (Å²) in [4.78, 5) is 2.52. The van der Waals surface area contributed by atoms with Crippen molar-refractivity contribution in [2.45, 2.75) is 38.9 Å². The zero-order valence-electron chi connectivity index (χ0n) is 15.2. The molecule has 1 aromatic heterocycles. The van der Waals surface area contributed by atoms with Crippen molar-refractivity contribution < 1.29 is 4.39 Å². The summed E-state index contributed by atoms with van der Waals surface area (Å²) in [5.41, 5.74) is 5.18. The topological polar surface area (TPSA) is 8.17 Å². The van der Waals surface area contributed by atoms with Crippen LogP contribution in [0.15, 0.2) is 66.9 Å². The fourth-order valence-electron chi connectivity index (χ4n) is 3.95. The number of aromatic nitrogens is 1. The van der Waals surface area contributed by atoms with Crippen LogP contribution in [0.5, 0.6) is 0 Å². The van der Waals surface area contributed by atoms with Gasteiger partial charge in [-0.15, -0.1) is 0 Å². The number of benzene rings is 2. The van der Waals surface area contributed by atoms with Crippen molar-refractivity contribution in [3.05, 3.63) is 95.1 Å². The first kappa shape index (κ1) is 17.0. The molecule has 1 aliphatic heterocycles. The minimum atomic E-state index is -0.176. The first-order chi connectivity index (χ1) is 12.7. The largest absolute Gasteiger partial charge is 0.350 e. The number of fused-ring (bicyclic) bond motifs is 1. The lowest BCUT2D eigenvalue weighted by molar-refractivity contribution is 0.220. The van der Waals surface area contributed by atoms with Crippen molar-refractivity contribution in [3.8, 4) is 0 Å². The highest BCUT2D eigenvalue weighted by Crippen LogP contribution is 2.33. The Hall–Kier alpha value is -2.39. The average molecular weight is 348 g/mol. The second-order valence-electron chi connectivity index (χ2n) is 7.07. The van der Waals surface area contributed by atoms with Crippen molar-refractivity contribution in [2.75, 3.05) is 6.54 Å². The molecule has 2 nitrogen and oxygen atoms in total. The SMILES string of the molecule is CCc1ccc(C2c3cccn3CCCN2Cc2ccc(F)cc2)cc1. The van der Waals surface area contributed by atoms with Gasteiger partial charge in [0.25, 0.3) is 0 Å². The van der Waals surface area contributed by atoms with E-state index in [1.54, 1.807) is 12.1 Å². The van der Waals surface area contributed by atoms with Gasteiger partial charge in [-0.1, -0.05) is 43.3 Å². The maximum absolute atomic E-state index is 13.3. The summed E-state index contributed by atoms with van der Waals surface area (Å²) >= 11 is 0. The predicted molar refractivity (Wildman–Crippen MR) is 104 cm³/mol. The Kier molecular flexibility index (Phi) is 4.89. The summed E-state index contributed by atoms with van der Waals surface area (Å²) in [6, 6.07) is 20.5. The van der Waals surface area contributed by atoms with E-state index in [1.807, 2.05) is 12.1 Å². The molecule has 26 heavy (non-hydrogen) atoms. The molecule has 134 valence electrons. The maximum Gasteiger partial charge on any atom is 0.123 e. The first-order valence-corrected chi connectivity index (χ1v) is 9.47. The van der Waals surface area contributed by atoms with Crippen LogP contribution < -0.4 is 0 Å². The summed E-state index contributed by atoms with van der Waals surface area (Å²) in [6.07, 6.45) is 4.36. The van der Waals surface area contributed by atoms with Gasteiger partial charge in [0.15, 0.2) is 0 Å². The van der Waals surface area contributed by atoms with Crippen LogP contribution in [0.4, 0.5) is 4.39 Å². The fraction of sp³-hybridized carbons (Fsp3) is 0.304.